The van der Waals surface area contributed by atoms with Crippen LogP contribution in [0.2, 0.25) is 0 Å². The fourth-order valence-electron chi connectivity index (χ4n) is 2.27. The molecule has 4 heteroatoms. The van der Waals surface area contributed by atoms with Crippen LogP contribution in [0.15, 0.2) is 5.51 Å². The quantitative estimate of drug-likeness (QED) is 0.842. The van der Waals surface area contributed by atoms with Crippen molar-refractivity contribution in [2.75, 3.05) is 19.6 Å². The summed E-state index contributed by atoms with van der Waals surface area (Å²) in [6, 6.07) is 0.623. The van der Waals surface area contributed by atoms with E-state index in [4.69, 9.17) is 5.73 Å². The van der Waals surface area contributed by atoms with Gasteiger partial charge in [-0.25, -0.2) is 4.98 Å². The fourth-order valence-corrected chi connectivity index (χ4v) is 3.04. The highest BCUT2D eigenvalue weighted by molar-refractivity contribution is 7.09. The highest BCUT2D eigenvalue weighted by atomic mass is 32.1. The molecule has 3 nitrogen and oxygen atoms in total. The second-order valence-electron chi connectivity index (χ2n) is 4.18. The Kier molecular flexibility index (Phi) is 3.72. The van der Waals surface area contributed by atoms with Crippen molar-refractivity contribution in [2.24, 2.45) is 5.73 Å². The smallest absolute Gasteiger partial charge is 0.0797 e. The van der Waals surface area contributed by atoms with Crippen LogP contribution in [0.3, 0.4) is 0 Å². The molecule has 0 radical (unpaired) electrons. The van der Waals surface area contributed by atoms with E-state index in [-0.39, 0.29) is 0 Å². The van der Waals surface area contributed by atoms with Crippen LogP contribution in [0.25, 0.3) is 0 Å². The van der Waals surface area contributed by atoms with Crippen LogP contribution >= 0.6 is 11.3 Å². The van der Waals surface area contributed by atoms with Crippen LogP contribution in [-0.4, -0.2) is 35.6 Å². The molecule has 1 aliphatic heterocycles. The maximum atomic E-state index is 5.75. The van der Waals surface area contributed by atoms with Gasteiger partial charge < -0.3 is 5.73 Å². The Morgan fingerprint density at radius 2 is 2.53 bits per heavy atom. The maximum Gasteiger partial charge on any atom is 0.0797 e. The van der Waals surface area contributed by atoms with Gasteiger partial charge in [-0.05, 0) is 32.7 Å². The lowest BCUT2D eigenvalue weighted by Gasteiger charge is -2.22. The molecule has 84 valence electrons. The van der Waals surface area contributed by atoms with E-state index >= 15 is 0 Å². The Morgan fingerprint density at radius 3 is 3.20 bits per heavy atom. The van der Waals surface area contributed by atoms with Crippen LogP contribution in [0, 0.1) is 6.92 Å². The average Bonchev–Trinajstić information content (AvgIpc) is 2.83. The number of hydrogen-bond donors (Lipinski definition) is 1. The van der Waals surface area contributed by atoms with Crippen molar-refractivity contribution in [1.29, 1.82) is 0 Å². The summed E-state index contributed by atoms with van der Waals surface area (Å²) in [6.07, 6.45) is 3.72. The number of hydrogen-bond acceptors (Lipinski definition) is 4. The second kappa shape index (κ2) is 5.05. The zero-order valence-corrected chi connectivity index (χ0v) is 10.1. The standard InChI is InChI=1S/C11H19N3S/c1-9-11(15-8-13-9)4-6-14-5-2-3-10(14)7-12/h8,10H,2-7,12H2,1H3. The highest BCUT2D eigenvalue weighted by Crippen LogP contribution is 2.18. The summed E-state index contributed by atoms with van der Waals surface area (Å²) in [4.78, 5) is 8.23. The maximum absolute atomic E-state index is 5.75. The van der Waals surface area contributed by atoms with Gasteiger partial charge in [-0.1, -0.05) is 0 Å². The van der Waals surface area contributed by atoms with Crippen molar-refractivity contribution in [3.8, 4) is 0 Å². The van der Waals surface area contributed by atoms with E-state index in [1.807, 2.05) is 5.51 Å². The summed E-state index contributed by atoms with van der Waals surface area (Å²) in [5, 5.41) is 0. The molecule has 0 amide bonds. The lowest BCUT2D eigenvalue weighted by molar-refractivity contribution is 0.262. The van der Waals surface area contributed by atoms with Gasteiger partial charge in [0.15, 0.2) is 0 Å². The van der Waals surface area contributed by atoms with Gasteiger partial charge in [-0.3, -0.25) is 4.90 Å². The second-order valence-corrected chi connectivity index (χ2v) is 5.12. The van der Waals surface area contributed by atoms with E-state index < -0.39 is 0 Å². The van der Waals surface area contributed by atoms with E-state index in [2.05, 4.69) is 16.8 Å². The summed E-state index contributed by atoms with van der Waals surface area (Å²) in [6.45, 7) is 5.27. The molecular weight excluding hydrogens is 206 g/mol. The monoisotopic (exact) mass is 225 g/mol. The Labute approximate surface area is 95.3 Å². The molecule has 1 unspecified atom stereocenters. The average molecular weight is 225 g/mol. The van der Waals surface area contributed by atoms with Crippen LogP contribution in [0.5, 0.6) is 0 Å². The van der Waals surface area contributed by atoms with Crippen LogP contribution in [-0.2, 0) is 6.42 Å². The van der Waals surface area contributed by atoms with Crippen molar-refractivity contribution in [1.82, 2.24) is 9.88 Å². The Morgan fingerprint density at radius 1 is 1.67 bits per heavy atom. The minimum Gasteiger partial charge on any atom is -0.329 e. The number of rotatable bonds is 4. The van der Waals surface area contributed by atoms with Crippen LogP contribution in [0.4, 0.5) is 0 Å². The molecule has 1 saturated heterocycles. The van der Waals surface area contributed by atoms with Gasteiger partial charge in [-0.2, -0.15) is 0 Å². The van der Waals surface area contributed by atoms with Gasteiger partial charge in [0, 0.05) is 24.0 Å². The Balaban J connectivity index is 1.85. The van der Waals surface area contributed by atoms with Crippen molar-refractivity contribution < 1.29 is 0 Å². The molecule has 0 aliphatic carbocycles. The van der Waals surface area contributed by atoms with Gasteiger partial charge >= 0.3 is 0 Å². The molecule has 0 aromatic carbocycles. The molecule has 2 rings (SSSR count). The van der Waals surface area contributed by atoms with Crippen molar-refractivity contribution >= 4 is 11.3 Å². The Bertz CT molecular complexity index is 311. The summed E-state index contributed by atoms with van der Waals surface area (Å²) < 4.78 is 0. The van der Waals surface area contributed by atoms with Crippen molar-refractivity contribution in [3.05, 3.63) is 16.1 Å². The number of nitrogens with two attached hydrogens (primary N) is 1. The minimum atomic E-state index is 0.623. The summed E-state index contributed by atoms with van der Waals surface area (Å²) in [5.74, 6) is 0. The van der Waals surface area contributed by atoms with Gasteiger partial charge in [0.05, 0.1) is 11.2 Å². The minimum absolute atomic E-state index is 0.623. The molecule has 2 N–H and O–H groups in total. The molecule has 1 fully saturated rings. The van der Waals surface area contributed by atoms with Crippen molar-refractivity contribution in [3.63, 3.8) is 0 Å². The lowest BCUT2D eigenvalue weighted by atomic mass is 10.2. The molecule has 1 aliphatic rings. The van der Waals surface area contributed by atoms with E-state index in [0.717, 1.165) is 19.5 Å². The van der Waals surface area contributed by atoms with Gasteiger partial charge in [-0.15, -0.1) is 11.3 Å². The van der Waals surface area contributed by atoms with Crippen LogP contribution in [0.1, 0.15) is 23.4 Å². The molecule has 1 atom stereocenters. The number of aryl methyl sites for hydroxylation is 1. The SMILES string of the molecule is Cc1ncsc1CCN1CCCC1CN. The predicted molar refractivity (Wildman–Crippen MR) is 64.2 cm³/mol. The zero-order chi connectivity index (χ0) is 10.7. The first-order valence-electron chi connectivity index (χ1n) is 5.64. The molecule has 0 spiro atoms. The number of aromatic nitrogens is 1. The molecule has 0 saturated carbocycles. The lowest BCUT2D eigenvalue weighted by Crippen LogP contribution is -2.36. The molecular formula is C11H19N3S. The van der Waals surface area contributed by atoms with Gasteiger partial charge in [0.25, 0.3) is 0 Å². The summed E-state index contributed by atoms with van der Waals surface area (Å²) in [5.41, 5.74) is 8.89. The predicted octanol–water partition coefficient (Wildman–Crippen LogP) is 1.42. The largest absolute Gasteiger partial charge is 0.329 e. The van der Waals surface area contributed by atoms with E-state index in [1.165, 1.54) is 30.0 Å². The first-order valence-corrected chi connectivity index (χ1v) is 6.52. The third-order valence-electron chi connectivity index (χ3n) is 3.24. The third kappa shape index (κ3) is 2.56. The first-order chi connectivity index (χ1) is 7.31. The third-order valence-corrected chi connectivity index (χ3v) is 4.24. The molecule has 2 heterocycles. The first kappa shape index (κ1) is 11.0. The fraction of sp³-hybridized carbons (Fsp3) is 0.727. The normalized spacial score (nSPS) is 22.4. The van der Waals surface area contributed by atoms with Crippen molar-refractivity contribution in [2.45, 2.75) is 32.2 Å². The number of nitrogens with zero attached hydrogens (tertiary/aromatic N) is 2. The topological polar surface area (TPSA) is 42.2 Å². The van der Waals surface area contributed by atoms with Crippen LogP contribution < -0.4 is 5.73 Å². The highest BCUT2D eigenvalue weighted by Gasteiger charge is 2.22. The summed E-state index contributed by atoms with van der Waals surface area (Å²) >= 11 is 1.77. The Hall–Kier alpha value is -0.450. The van der Waals surface area contributed by atoms with E-state index in [1.54, 1.807) is 11.3 Å². The summed E-state index contributed by atoms with van der Waals surface area (Å²) in [7, 11) is 0. The van der Waals surface area contributed by atoms with Gasteiger partial charge in [0.1, 0.15) is 0 Å². The number of likely N-dealkylation sites (tertiary alicyclic amines) is 1. The molecule has 0 bridgehead atoms. The van der Waals surface area contributed by atoms with E-state index in [0.29, 0.717) is 6.04 Å². The van der Waals surface area contributed by atoms with Gasteiger partial charge in [0.2, 0.25) is 0 Å². The molecule has 1 aromatic heterocycles. The number of thiazole rings is 1. The molecule has 15 heavy (non-hydrogen) atoms. The zero-order valence-electron chi connectivity index (χ0n) is 9.28. The molecule has 1 aromatic rings. The van der Waals surface area contributed by atoms with E-state index in [9.17, 15) is 0 Å².